The molecule has 3 aromatic heterocycles. The van der Waals surface area contributed by atoms with E-state index in [1.807, 2.05) is 22.7 Å². The van der Waals surface area contributed by atoms with E-state index in [1.165, 1.54) is 12.1 Å². The zero-order valence-electron chi connectivity index (χ0n) is 15.0. The fraction of sp³-hybridized carbons (Fsp3) is 0.278. The van der Waals surface area contributed by atoms with Gasteiger partial charge in [-0.15, -0.1) is 0 Å². The van der Waals surface area contributed by atoms with Crippen LogP contribution in [-0.4, -0.2) is 34.7 Å². The lowest BCUT2D eigenvalue weighted by molar-refractivity contribution is -0.290. The molecule has 11 heteroatoms. The number of halogens is 5. The molecular weight excluding hydrogens is 419 g/mol. The van der Waals surface area contributed by atoms with Crippen molar-refractivity contribution in [3.8, 4) is 22.8 Å². The zero-order valence-corrected chi connectivity index (χ0v) is 15.8. The molecule has 0 fully saturated rings. The Balaban J connectivity index is 1.85. The molecule has 3 aromatic rings. The normalized spacial score (nSPS) is 12.3. The van der Waals surface area contributed by atoms with E-state index in [9.17, 15) is 22.0 Å². The standard InChI is InChI=1S/C18H15F5N2O3S/c1-2-27-29-28-15-7-9-25-8-3-4-14(25)16(15)13-6-5-12(10-24-13)26-11-17(19,20)18(21,22)23/h3-10H,2,11H2,1H3. The van der Waals surface area contributed by atoms with Gasteiger partial charge in [0.25, 0.3) is 0 Å². The number of pyridine rings is 2. The predicted octanol–water partition coefficient (Wildman–Crippen LogP) is 5.56. The first-order chi connectivity index (χ1) is 13.7. The molecule has 3 rings (SSSR count). The Morgan fingerprint density at radius 3 is 2.52 bits per heavy atom. The van der Waals surface area contributed by atoms with Crippen molar-refractivity contribution in [2.75, 3.05) is 13.2 Å². The van der Waals surface area contributed by atoms with Crippen LogP contribution in [0.25, 0.3) is 16.8 Å². The van der Waals surface area contributed by atoms with Crippen LogP contribution in [0.5, 0.6) is 11.5 Å². The molecule has 0 bridgehead atoms. The molecule has 0 unspecified atom stereocenters. The van der Waals surface area contributed by atoms with Gasteiger partial charge < -0.3 is 13.3 Å². The van der Waals surface area contributed by atoms with Gasteiger partial charge in [-0.2, -0.15) is 22.0 Å². The first-order valence-corrected chi connectivity index (χ1v) is 8.99. The summed E-state index contributed by atoms with van der Waals surface area (Å²) in [4.78, 5) is 4.14. The first-order valence-electron chi connectivity index (χ1n) is 8.32. The van der Waals surface area contributed by atoms with Gasteiger partial charge in [-0.25, -0.2) is 0 Å². The molecule has 0 radical (unpaired) electrons. The third kappa shape index (κ3) is 4.73. The lowest BCUT2D eigenvalue weighted by atomic mass is 10.1. The number of ether oxygens (including phenoxy) is 1. The fourth-order valence-corrected chi connectivity index (χ4v) is 2.75. The van der Waals surface area contributed by atoms with Crippen molar-refractivity contribution in [1.29, 1.82) is 0 Å². The van der Waals surface area contributed by atoms with Crippen LogP contribution in [0.3, 0.4) is 0 Å². The summed E-state index contributed by atoms with van der Waals surface area (Å²) in [7, 11) is 0. The summed E-state index contributed by atoms with van der Waals surface area (Å²) in [6.07, 6.45) is -1.02. The Morgan fingerprint density at radius 1 is 1.07 bits per heavy atom. The summed E-state index contributed by atoms with van der Waals surface area (Å²) in [5.74, 6) is -4.73. The van der Waals surface area contributed by atoms with Crippen LogP contribution < -0.4 is 8.92 Å². The van der Waals surface area contributed by atoms with Gasteiger partial charge in [0.1, 0.15) is 5.75 Å². The van der Waals surface area contributed by atoms with E-state index in [-0.39, 0.29) is 5.75 Å². The highest BCUT2D eigenvalue weighted by Gasteiger charge is 2.58. The van der Waals surface area contributed by atoms with Crippen LogP contribution >= 0.6 is 12.3 Å². The van der Waals surface area contributed by atoms with Gasteiger partial charge in [0.2, 0.25) is 12.3 Å². The van der Waals surface area contributed by atoms with Crippen molar-refractivity contribution in [1.82, 2.24) is 9.38 Å². The number of hydrogen-bond acceptors (Lipinski definition) is 5. The molecule has 0 aromatic carbocycles. The Labute approximate surface area is 166 Å². The zero-order chi connectivity index (χ0) is 21.1. The summed E-state index contributed by atoms with van der Waals surface area (Å²) in [5.41, 5.74) is 1.76. The first kappa shape index (κ1) is 21.2. The van der Waals surface area contributed by atoms with Gasteiger partial charge in [-0.1, -0.05) is 0 Å². The largest absolute Gasteiger partial charge is 0.485 e. The van der Waals surface area contributed by atoms with E-state index in [2.05, 4.69) is 9.72 Å². The average molecular weight is 434 g/mol. The SMILES string of the molecule is CCOSOc1ccn2cccc2c1-c1ccc(OCC(F)(F)C(F)(F)F)cn1. The van der Waals surface area contributed by atoms with Crippen LogP contribution in [-0.2, 0) is 4.18 Å². The Morgan fingerprint density at radius 2 is 1.86 bits per heavy atom. The molecule has 0 saturated carbocycles. The summed E-state index contributed by atoms with van der Waals surface area (Å²) >= 11 is 0.791. The molecule has 3 heterocycles. The van der Waals surface area contributed by atoms with Gasteiger partial charge in [-0.3, -0.25) is 9.17 Å². The minimum Gasteiger partial charge on any atom is -0.485 e. The summed E-state index contributed by atoms with van der Waals surface area (Å²) in [6, 6.07) is 8.05. The van der Waals surface area contributed by atoms with Crippen LogP contribution in [0.15, 0.2) is 48.9 Å². The molecule has 29 heavy (non-hydrogen) atoms. The monoisotopic (exact) mass is 434 g/mol. The van der Waals surface area contributed by atoms with E-state index in [4.69, 9.17) is 8.37 Å². The second-order valence-electron chi connectivity index (χ2n) is 5.78. The molecule has 5 nitrogen and oxygen atoms in total. The molecule has 0 aliphatic carbocycles. The minimum atomic E-state index is -5.69. The maximum absolute atomic E-state index is 13.0. The van der Waals surface area contributed by atoms with Crippen molar-refractivity contribution in [2.24, 2.45) is 0 Å². The van der Waals surface area contributed by atoms with Gasteiger partial charge in [0, 0.05) is 12.4 Å². The third-order valence-corrected chi connectivity index (χ3v) is 4.36. The van der Waals surface area contributed by atoms with Crippen molar-refractivity contribution in [2.45, 2.75) is 19.0 Å². The van der Waals surface area contributed by atoms with Crippen LogP contribution in [0.4, 0.5) is 22.0 Å². The van der Waals surface area contributed by atoms with Crippen molar-refractivity contribution in [3.63, 3.8) is 0 Å². The molecule has 0 atom stereocenters. The van der Waals surface area contributed by atoms with Crippen molar-refractivity contribution >= 4 is 17.8 Å². The highest BCUT2D eigenvalue weighted by molar-refractivity contribution is 7.90. The molecule has 0 N–H and O–H groups in total. The average Bonchev–Trinajstić information content (AvgIpc) is 3.15. The lowest BCUT2D eigenvalue weighted by Gasteiger charge is -2.19. The van der Waals surface area contributed by atoms with Crippen LogP contribution in [0, 0.1) is 0 Å². The van der Waals surface area contributed by atoms with Gasteiger partial charge >= 0.3 is 12.1 Å². The highest BCUT2D eigenvalue weighted by Crippen LogP contribution is 2.37. The van der Waals surface area contributed by atoms with E-state index in [1.54, 1.807) is 19.2 Å². The maximum atomic E-state index is 13.0. The Bertz CT molecular complexity index is 960. The number of rotatable bonds is 8. The molecule has 156 valence electrons. The van der Waals surface area contributed by atoms with E-state index in [0.717, 1.165) is 24.0 Å². The van der Waals surface area contributed by atoms with Crippen LogP contribution in [0.1, 0.15) is 6.92 Å². The van der Waals surface area contributed by atoms with E-state index >= 15 is 0 Å². The quantitative estimate of drug-likeness (QED) is 0.264. The van der Waals surface area contributed by atoms with Gasteiger partial charge in [0.05, 0.1) is 29.6 Å². The second-order valence-corrected chi connectivity index (χ2v) is 6.32. The smallest absolute Gasteiger partial charge is 0.456 e. The van der Waals surface area contributed by atoms with Gasteiger partial charge in [-0.05, 0) is 37.3 Å². The van der Waals surface area contributed by atoms with Gasteiger partial charge in [0.15, 0.2) is 12.4 Å². The van der Waals surface area contributed by atoms with Crippen LogP contribution in [0.2, 0.25) is 0 Å². The Kier molecular flexibility index (Phi) is 6.18. The number of nitrogens with zero attached hydrogens (tertiary/aromatic N) is 2. The number of hydrogen-bond donors (Lipinski definition) is 0. The number of alkyl halides is 5. The fourth-order valence-electron chi connectivity index (χ4n) is 2.40. The molecule has 0 amide bonds. The van der Waals surface area contributed by atoms with Crippen molar-refractivity contribution < 1.29 is 35.1 Å². The topological polar surface area (TPSA) is 45.0 Å². The van der Waals surface area contributed by atoms with Crippen molar-refractivity contribution in [3.05, 3.63) is 48.9 Å². The third-order valence-electron chi connectivity index (χ3n) is 3.79. The number of fused-ring (bicyclic) bond motifs is 1. The highest BCUT2D eigenvalue weighted by atomic mass is 32.2. The predicted molar refractivity (Wildman–Crippen MR) is 97.0 cm³/mol. The van der Waals surface area contributed by atoms with E-state index < -0.39 is 18.7 Å². The second kappa shape index (κ2) is 8.46. The Hall–Kier alpha value is -2.53. The lowest BCUT2D eigenvalue weighted by Crippen LogP contribution is -2.41. The molecule has 0 aliphatic heterocycles. The molecule has 0 saturated heterocycles. The summed E-state index contributed by atoms with van der Waals surface area (Å²) in [5, 5.41) is 0. The molecular formula is C18H15F5N2O3S. The maximum Gasteiger partial charge on any atom is 0.456 e. The number of aromatic nitrogens is 2. The molecule has 0 spiro atoms. The summed E-state index contributed by atoms with van der Waals surface area (Å²) < 4.78 is 79.8. The van der Waals surface area contributed by atoms with E-state index in [0.29, 0.717) is 23.6 Å². The summed E-state index contributed by atoms with van der Waals surface area (Å²) in [6.45, 7) is 0.404. The minimum absolute atomic E-state index is 0.217. The molecule has 0 aliphatic rings.